The van der Waals surface area contributed by atoms with Gasteiger partial charge in [-0.1, -0.05) is 194 Å². The summed E-state index contributed by atoms with van der Waals surface area (Å²) in [6.45, 7) is 0. The Morgan fingerprint density at radius 3 is 1.36 bits per heavy atom. The monoisotopic (exact) mass is 764 g/mol. The molecule has 1 nitrogen and oxygen atoms in total. The van der Waals surface area contributed by atoms with Gasteiger partial charge in [0.2, 0.25) is 0 Å². The molecular weight excluding hydrogens is 711 g/mol. The van der Waals surface area contributed by atoms with Crippen molar-refractivity contribution in [1.29, 1.82) is 0 Å². The molecule has 0 aliphatic rings. The molecule has 0 unspecified atom stereocenters. The predicted octanol–water partition coefficient (Wildman–Crippen LogP) is 16.3. The van der Waals surface area contributed by atoms with E-state index in [1.54, 1.807) is 4.90 Å². The van der Waals surface area contributed by atoms with Crippen LogP contribution in [0.1, 0.15) is 17.8 Å². The zero-order chi connectivity index (χ0) is 50.7. The number of hydrogen-bond acceptors (Lipinski definition) is 1. The Balaban J connectivity index is 1.16. The Labute approximate surface area is 365 Å². The van der Waals surface area contributed by atoms with E-state index in [1.807, 2.05) is 127 Å². The molecule has 0 radical (unpaired) electrons. The first kappa shape index (κ1) is 24.1. The largest absolute Gasteiger partial charge is 0.310 e. The fraction of sp³-hybridized carbons (Fsp3) is 0. The molecule has 0 amide bonds. The fourth-order valence-corrected chi connectivity index (χ4v) is 7.37. The number of nitrogens with zero attached hydrogens (tertiary/aromatic N) is 1. The minimum atomic E-state index is -0.775. The van der Waals surface area contributed by atoms with Crippen molar-refractivity contribution in [3.63, 3.8) is 0 Å². The van der Waals surface area contributed by atoms with E-state index < -0.39 is 101 Å². The van der Waals surface area contributed by atoms with Crippen LogP contribution in [-0.2, 0) is 0 Å². The number of hydrogen-bond donors (Lipinski definition) is 0. The van der Waals surface area contributed by atoms with Gasteiger partial charge in [0.25, 0.3) is 0 Å². The summed E-state index contributed by atoms with van der Waals surface area (Å²) in [7, 11) is 0. The number of rotatable bonds is 9. The molecule has 0 N–H and O–H groups in total. The van der Waals surface area contributed by atoms with Gasteiger partial charge in [-0.25, -0.2) is 0 Å². The zero-order valence-electron chi connectivity index (χ0n) is 44.6. The maximum absolute atomic E-state index is 9.66. The molecule has 0 aliphatic carbocycles. The molecule has 0 saturated carbocycles. The molecule has 0 aliphatic heterocycles. The van der Waals surface area contributed by atoms with Crippen LogP contribution in [0.2, 0.25) is 0 Å². The van der Waals surface area contributed by atoms with E-state index in [0.717, 1.165) is 55.3 Å². The average Bonchev–Trinajstić information content (AvgIpc) is 3.42. The summed E-state index contributed by atoms with van der Waals surface area (Å²) < 4.78 is 116. The zero-order valence-corrected chi connectivity index (χ0v) is 31.6. The van der Waals surface area contributed by atoms with E-state index >= 15 is 0 Å². The highest BCUT2D eigenvalue weighted by Crippen LogP contribution is 2.40. The van der Waals surface area contributed by atoms with Crippen LogP contribution in [0.4, 0.5) is 17.1 Å². The summed E-state index contributed by atoms with van der Waals surface area (Å²) in [6, 6.07) is 46.8. The topological polar surface area (TPSA) is 3.24 Å². The van der Waals surface area contributed by atoms with Gasteiger partial charge in [0.05, 0.1) is 17.8 Å². The quantitative estimate of drug-likeness (QED) is 0.141. The van der Waals surface area contributed by atoms with Gasteiger partial charge in [0, 0.05) is 17.1 Å². The normalized spacial score (nSPS) is 14.1. The third-order valence-electron chi connectivity index (χ3n) is 10.3. The van der Waals surface area contributed by atoms with Gasteiger partial charge in [0.15, 0.2) is 0 Å². The smallest absolute Gasteiger partial charge is 0.0645 e. The molecule has 0 aromatic heterocycles. The van der Waals surface area contributed by atoms with Crippen molar-refractivity contribution in [2.45, 2.75) is 0 Å². The SMILES string of the molecule is [2H]c1c([2H])c([2H])c(-c2c([2H])c([2H])c(-c3c([2H])c([2H])c(N(c4ccc(-c5cc(-c6ccccc6)cc(-c6ccccc6)c5)cc4)c4cccc(-c5cccc6ccccc56)c4)c([2H])c3[2H])c([2H])c2[2H])c([2H])c1[2H]. The van der Waals surface area contributed by atoms with Crippen molar-refractivity contribution in [2.75, 3.05) is 4.90 Å². The molecule has 0 spiro atoms. The molecule has 0 bridgehead atoms. The second-order valence-corrected chi connectivity index (χ2v) is 14.0. The lowest BCUT2D eigenvalue weighted by Gasteiger charge is -2.26. The number of fused-ring (bicyclic) bond motifs is 1. The van der Waals surface area contributed by atoms with Gasteiger partial charge in [0.1, 0.15) is 0 Å². The molecule has 10 aromatic rings. The highest BCUT2D eigenvalue weighted by Gasteiger charge is 2.16. The van der Waals surface area contributed by atoms with E-state index in [1.165, 1.54) is 0 Å². The van der Waals surface area contributed by atoms with Crippen LogP contribution < -0.4 is 4.90 Å². The molecule has 278 valence electrons. The molecule has 10 aromatic carbocycles. The van der Waals surface area contributed by atoms with Crippen molar-refractivity contribution in [3.05, 3.63) is 248 Å². The van der Waals surface area contributed by atoms with Crippen LogP contribution in [-0.4, -0.2) is 0 Å². The highest BCUT2D eigenvalue weighted by atomic mass is 15.1. The van der Waals surface area contributed by atoms with Gasteiger partial charge in [-0.15, -0.1) is 0 Å². The maximum atomic E-state index is 9.66. The Morgan fingerprint density at radius 1 is 0.271 bits per heavy atom. The fourth-order valence-electron chi connectivity index (χ4n) is 7.37. The maximum Gasteiger partial charge on any atom is 0.0645 e. The van der Waals surface area contributed by atoms with Crippen LogP contribution in [0, 0.1) is 0 Å². The van der Waals surface area contributed by atoms with Gasteiger partial charge < -0.3 is 4.90 Å². The van der Waals surface area contributed by atoms with Crippen molar-refractivity contribution in [2.24, 2.45) is 0 Å². The molecule has 0 saturated heterocycles. The standard InChI is InChI=1S/C58H41N/c1-4-14-42(15-5-1)45-26-28-46(29-27-45)47-30-34-54(35-31-47)59(56-23-12-22-50(41-56)58-25-13-21-49-20-10-11-24-57(49)58)55-36-32-48(33-37-55)53-39-51(43-16-6-2-7-17-43)38-52(40-53)44-18-8-3-9-19-44/h1-41H/i1D,4D,5D,14D,15D,26D,27D,28D,29D,30D,31D,34D,35D. The van der Waals surface area contributed by atoms with Crippen LogP contribution >= 0.6 is 0 Å². The Hall–Kier alpha value is -7.74. The Bertz CT molecular complexity index is 3640. The lowest BCUT2D eigenvalue weighted by molar-refractivity contribution is 1.28. The summed E-state index contributed by atoms with van der Waals surface area (Å²) in [4.78, 5) is 1.65. The van der Waals surface area contributed by atoms with Crippen LogP contribution in [0.5, 0.6) is 0 Å². The minimum Gasteiger partial charge on any atom is -0.310 e. The van der Waals surface area contributed by atoms with E-state index in [9.17, 15) is 5.48 Å². The van der Waals surface area contributed by atoms with Crippen molar-refractivity contribution in [3.8, 4) is 66.8 Å². The van der Waals surface area contributed by atoms with Crippen LogP contribution in [0.3, 0.4) is 0 Å². The number of benzene rings is 10. The van der Waals surface area contributed by atoms with Crippen LogP contribution in [0.15, 0.2) is 248 Å². The first-order chi connectivity index (χ1) is 34.7. The summed E-state index contributed by atoms with van der Waals surface area (Å²) >= 11 is 0. The van der Waals surface area contributed by atoms with Gasteiger partial charge in [-0.3, -0.25) is 0 Å². The number of anilines is 3. The first-order valence-corrected chi connectivity index (χ1v) is 19.2. The summed E-state index contributed by atoms with van der Waals surface area (Å²) in [5.41, 5.74) is 6.48. The van der Waals surface area contributed by atoms with Gasteiger partial charge in [-0.05, 0) is 132 Å². The molecule has 0 fully saturated rings. The van der Waals surface area contributed by atoms with Crippen molar-refractivity contribution >= 4 is 27.8 Å². The third kappa shape index (κ3) is 7.46. The van der Waals surface area contributed by atoms with Crippen LogP contribution in [0.25, 0.3) is 77.5 Å². The lowest BCUT2D eigenvalue weighted by atomic mass is 9.93. The van der Waals surface area contributed by atoms with Crippen molar-refractivity contribution in [1.82, 2.24) is 0 Å². The van der Waals surface area contributed by atoms with E-state index in [0.29, 0.717) is 11.4 Å². The average molecular weight is 765 g/mol. The third-order valence-corrected chi connectivity index (χ3v) is 10.3. The molecule has 1 heteroatoms. The lowest BCUT2D eigenvalue weighted by Crippen LogP contribution is -2.10. The summed E-state index contributed by atoms with van der Waals surface area (Å²) in [5.74, 6) is 0. The Morgan fingerprint density at radius 2 is 0.746 bits per heavy atom. The summed E-state index contributed by atoms with van der Waals surface area (Å²) in [6.07, 6.45) is 0. The van der Waals surface area contributed by atoms with Crippen molar-refractivity contribution < 1.29 is 17.8 Å². The first-order valence-electron chi connectivity index (χ1n) is 25.7. The predicted molar refractivity (Wildman–Crippen MR) is 251 cm³/mol. The van der Waals surface area contributed by atoms with E-state index in [4.69, 9.17) is 12.3 Å². The summed E-state index contributed by atoms with van der Waals surface area (Å²) in [5, 5.41) is 2.04. The molecule has 10 rings (SSSR count). The Kier molecular flexibility index (Phi) is 6.55. The second-order valence-electron chi connectivity index (χ2n) is 14.0. The molecular formula is C58H41N. The minimum absolute atomic E-state index is 0.139. The van der Waals surface area contributed by atoms with E-state index in [-0.39, 0.29) is 5.69 Å². The molecule has 0 atom stereocenters. The second kappa shape index (κ2) is 16.0. The molecule has 0 heterocycles. The van der Waals surface area contributed by atoms with E-state index in [2.05, 4.69) is 42.5 Å². The van der Waals surface area contributed by atoms with Gasteiger partial charge >= 0.3 is 0 Å². The highest BCUT2D eigenvalue weighted by molar-refractivity contribution is 5.97. The van der Waals surface area contributed by atoms with Gasteiger partial charge in [-0.2, -0.15) is 0 Å². The molecule has 59 heavy (non-hydrogen) atoms.